The number of rotatable bonds is 5. The standard InChI is InChI=1S/C24H31N3O5/c25-21(28)24-10-16-8-17(11-24)20(18(9-16)12-24)32-23(30)27-7-6-19(13-27)26-22(29)31-14-15-4-2-1-3-5-15/h1-5,16-20H,6-14H2,(H2,25,28)(H,26,29)/t16?,17-,18?,19?,20?,24?/m1/s1. The molecule has 4 aliphatic carbocycles. The third-order valence-corrected chi connectivity index (χ3v) is 7.93. The number of nitrogens with two attached hydrogens (primary N) is 1. The van der Waals surface area contributed by atoms with E-state index in [-0.39, 0.29) is 48.0 Å². The Morgan fingerprint density at radius 1 is 1.09 bits per heavy atom. The Hall–Kier alpha value is -2.77. The van der Waals surface area contributed by atoms with Crippen LogP contribution in [0.2, 0.25) is 0 Å². The van der Waals surface area contributed by atoms with Crippen molar-refractivity contribution >= 4 is 18.1 Å². The number of benzene rings is 1. The molecule has 5 fully saturated rings. The lowest BCUT2D eigenvalue weighted by molar-refractivity contribution is -0.161. The maximum absolute atomic E-state index is 12.9. The first kappa shape index (κ1) is 21.1. The lowest BCUT2D eigenvalue weighted by atomic mass is 9.48. The molecule has 5 aliphatic rings. The number of amides is 3. The molecule has 8 nitrogen and oxygen atoms in total. The van der Waals surface area contributed by atoms with Crippen molar-refractivity contribution in [2.24, 2.45) is 28.9 Å². The van der Waals surface area contributed by atoms with Crippen molar-refractivity contribution in [2.45, 2.75) is 57.3 Å². The van der Waals surface area contributed by atoms with E-state index in [9.17, 15) is 14.4 Å². The van der Waals surface area contributed by atoms with Crippen molar-refractivity contribution in [3.05, 3.63) is 35.9 Å². The topological polar surface area (TPSA) is 111 Å². The van der Waals surface area contributed by atoms with Crippen LogP contribution in [0.25, 0.3) is 0 Å². The third-order valence-electron chi connectivity index (χ3n) is 7.93. The van der Waals surface area contributed by atoms with Crippen LogP contribution in [0.1, 0.15) is 44.1 Å². The van der Waals surface area contributed by atoms with E-state index in [4.69, 9.17) is 15.2 Å². The van der Waals surface area contributed by atoms with E-state index in [0.717, 1.165) is 37.7 Å². The molecule has 6 rings (SSSR count). The zero-order valence-electron chi connectivity index (χ0n) is 18.2. The molecular formula is C24H31N3O5. The first-order valence-corrected chi connectivity index (χ1v) is 11.6. The van der Waals surface area contributed by atoms with Gasteiger partial charge in [-0.15, -0.1) is 0 Å². The molecule has 172 valence electrons. The van der Waals surface area contributed by atoms with Crippen molar-refractivity contribution < 1.29 is 23.9 Å². The smallest absolute Gasteiger partial charge is 0.410 e. The zero-order valence-corrected chi connectivity index (χ0v) is 18.2. The van der Waals surface area contributed by atoms with Crippen LogP contribution >= 0.6 is 0 Å². The summed E-state index contributed by atoms with van der Waals surface area (Å²) in [5.74, 6) is 0.788. The molecule has 1 aromatic rings. The number of nitrogens with zero attached hydrogens (tertiary/aromatic N) is 1. The molecule has 5 unspecified atom stereocenters. The van der Waals surface area contributed by atoms with Crippen molar-refractivity contribution in [3.63, 3.8) is 0 Å². The third kappa shape index (κ3) is 4.02. The van der Waals surface area contributed by atoms with E-state index in [1.54, 1.807) is 4.90 Å². The number of alkyl carbamates (subject to hydrolysis) is 1. The van der Waals surface area contributed by atoms with Gasteiger partial charge in [-0.05, 0) is 61.8 Å². The van der Waals surface area contributed by atoms with E-state index in [1.807, 2.05) is 30.3 Å². The van der Waals surface area contributed by atoms with E-state index in [2.05, 4.69) is 5.32 Å². The molecule has 8 heteroatoms. The Labute approximate surface area is 187 Å². The molecule has 4 bridgehead atoms. The van der Waals surface area contributed by atoms with Gasteiger partial charge in [0, 0.05) is 13.1 Å². The number of hydrogen-bond acceptors (Lipinski definition) is 5. The van der Waals surface area contributed by atoms with Gasteiger partial charge in [-0.1, -0.05) is 30.3 Å². The van der Waals surface area contributed by atoms with Gasteiger partial charge in [0.2, 0.25) is 5.91 Å². The molecule has 1 saturated heterocycles. The summed E-state index contributed by atoms with van der Waals surface area (Å²) in [7, 11) is 0. The maximum atomic E-state index is 12.9. The molecule has 1 aromatic carbocycles. The highest BCUT2D eigenvalue weighted by atomic mass is 16.6. The van der Waals surface area contributed by atoms with Gasteiger partial charge < -0.3 is 25.4 Å². The quantitative estimate of drug-likeness (QED) is 0.730. The highest BCUT2D eigenvalue weighted by Gasteiger charge is 2.59. The van der Waals surface area contributed by atoms with Gasteiger partial charge in [-0.2, -0.15) is 0 Å². The van der Waals surface area contributed by atoms with Crippen molar-refractivity contribution in [3.8, 4) is 0 Å². The molecule has 3 N–H and O–H groups in total. The summed E-state index contributed by atoms with van der Waals surface area (Å²) in [6, 6.07) is 9.35. The number of primary amides is 1. The van der Waals surface area contributed by atoms with Crippen molar-refractivity contribution in [1.82, 2.24) is 10.2 Å². The van der Waals surface area contributed by atoms with Gasteiger partial charge in [-0.3, -0.25) is 4.79 Å². The second kappa shape index (κ2) is 8.30. The summed E-state index contributed by atoms with van der Waals surface area (Å²) in [4.78, 5) is 38.7. The highest BCUT2D eigenvalue weighted by molar-refractivity contribution is 5.81. The Bertz CT molecular complexity index is 875. The average Bonchev–Trinajstić information content (AvgIpc) is 3.23. The highest BCUT2D eigenvalue weighted by Crippen LogP contribution is 2.60. The van der Waals surface area contributed by atoms with Crippen LogP contribution in [0.15, 0.2) is 30.3 Å². The van der Waals surface area contributed by atoms with Gasteiger partial charge in [0.05, 0.1) is 11.5 Å². The average molecular weight is 442 g/mol. The van der Waals surface area contributed by atoms with E-state index in [1.165, 1.54) is 0 Å². The monoisotopic (exact) mass is 441 g/mol. The SMILES string of the molecule is NC(=O)C12CC3CC(C1)C(OC(=O)N1CCC(NC(=O)OCc4ccccc4)C1)[C@H](C3)C2. The summed E-state index contributed by atoms with van der Waals surface area (Å²) < 4.78 is 11.3. The minimum Gasteiger partial charge on any atom is -0.446 e. The molecule has 4 saturated carbocycles. The van der Waals surface area contributed by atoms with Gasteiger partial charge in [-0.25, -0.2) is 9.59 Å². The minimum absolute atomic E-state index is 0.130. The lowest BCUT2D eigenvalue weighted by Crippen LogP contribution is -2.59. The largest absolute Gasteiger partial charge is 0.446 e. The van der Waals surface area contributed by atoms with Crippen LogP contribution in [0.4, 0.5) is 9.59 Å². The second-order valence-electron chi connectivity index (χ2n) is 10.1. The van der Waals surface area contributed by atoms with Crippen LogP contribution in [0, 0.1) is 23.2 Å². The fourth-order valence-electron chi connectivity index (χ4n) is 6.64. The Morgan fingerprint density at radius 2 is 1.81 bits per heavy atom. The number of carbonyl (C=O) groups is 3. The summed E-state index contributed by atoms with van der Waals surface area (Å²) in [5, 5.41) is 2.84. The summed E-state index contributed by atoms with van der Waals surface area (Å²) >= 11 is 0. The molecule has 32 heavy (non-hydrogen) atoms. The van der Waals surface area contributed by atoms with Gasteiger partial charge >= 0.3 is 12.2 Å². The number of hydrogen-bond donors (Lipinski definition) is 2. The molecule has 0 aromatic heterocycles. The van der Waals surface area contributed by atoms with Crippen LogP contribution in [0.5, 0.6) is 0 Å². The molecule has 0 radical (unpaired) electrons. The van der Waals surface area contributed by atoms with Gasteiger partial charge in [0.25, 0.3) is 0 Å². The Morgan fingerprint density at radius 3 is 2.50 bits per heavy atom. The summed E-state index contributed by atoms with van der Waals surface area (Å²) in [5.41, 5.74) is 6.29. The number of likely N-dealkylation sites (tertiary alicyclic amines) is 1. The van der Waals surface area contributed by atoms with Crippen LogP contribution in [-0.2, 0) is 20.9 Å². The first-order valence-electron chi connectivity index (χ1n) is 11.6. The summed E-state index contributed by atoms with van der Waals surface area (Å²) in [6.07, 6.45) is 4.14. The predicted molar refractivity (Wildman–Crippen MR) is 115 cm³/mol. The van der Waals surface area contributed by atoms with Crippen LogP contribution < -0.4 is 11.1 Å². The fraction of sp³-hybridized carbons (Fsp3) is 0.625. The first-order chi connectivity index (χ1) is 15.4. The number of carbonyl (C=O) groups excluding carboxylic acids is 3. The molecule has 1 aliphatic heterocycles. The number of ether oxygens (including phenoxy) is 2. The van der Waals surface area contributed by atoms with E-state index < -0.39 is 6.09 Å². The number of nitrogens with one attached hydrogen (secondary N) is 1. The second-order valence-corrected chi connectivity index (χ2v) is 10.1. The predicted octanol–water partition coefficient (Wildman–Crippen LogP) is 2.80. The molecule has 1 heterocycles. The minimum atomic E-state index is -0.480. The lowest BCUT2D eigenvalue weighted by Gasteiger charge is -2.58. The van der Waals surface area contributed by atoms with Crippen molar-refractivity contribution in [1.29, 1.82) is 0 Å². The Kier molecular flexibility index (Phi) is 5.47. The summed E-state index contributed by atoms with van der Waals surface area (Å²) in [6.45, 7) is 1.16. The van der Waals surface area contributed by atoms with Crippen LogP contribution in [-0.4, -0.2) is 48.2 Å². The zero-order chi connectivity index (χ0) is 22.3. The molecule has 3 amide bonds. The van der Waals surface area contributed by atoms with E-state index >= 15 is 0 Å². The molecular weight excluding hydrogens is 410 g/mol. The maximum Gasteiger partial charge on any atom is 0.410 e. The van der Waals surface area contributed by atoms with Crippen molar-refractivity contribution in [2.75, 3.05) is 13.1 Å². The van der Waals surface area contributed by atoms with Gasteiger partial charge in [0.15, 0.2) is 0 Å². The van der Waals surface area contributed by atoms with E-state index in [0.29, 0.717) is 25.4 Å². The normalized spacial score (nSPS) is 34.9. The van der Waals surface area contributed by atoms with Crippen LogP contribution in [0.3, 0.4) is 0 Å². The molecule has 0 spiro atoms. The fourth-order valence-corrected chi connectivity index (χ4v) is 6.64. The van der Waals surface area contributed by atoms with Gasteiger partial charge in [0.1, 0.15) is 12.7 Å². The molecule has 6 atom stereocenters. The Balaban J connectivity index is 1.10.